The molecule has 1 unspecified atom stereocenters. The van der Waals surface area contributed by atoms with Crippen LogP contribution in [0, 0.1) is 13.8 Å². The van der Waals surface area contributed by atoms with Gasteiger partial charge in [0, 0.05) is 0 Å². The Labute approximate surface area is 71.9 Å². The van der Waals surface area contributed by atoms with Gasteiger partial charge in [0.1, 0.15) is 5.75 Å². The van der Waals surface area contributed by atoms with Gasteiger partial charge in [-0.2, -0.15) is 0 Å². The van der Waals surface area contributed by atoms with E-state index in [0.717, 1.165) is 11.1 Å². The molecule has 0 spiro atoms. The minimum Gasteiger partial charge on any atom is -0.426 e. The monoisotopic (exact) mass is 186 g/mol. The zero-order chi connectivity index (χ0) is 9.14. The number of rotatable bonds is 2. The van der Waals surface area contributed by atoms with E-state index in [4.69, 9.17) is 9.42 Å². The number of hydrogen-bond donors (Lipinski definition) is 1. The van der Waals surface area contributed by atoms with Crippen molar-refractivity contribution in [2.75, 3.05) is 0 Å². The highest BCUT2D eigenvalue weighted by atomic mass is 31.1. The van der Waals surface area contributed by atoms with E-state index in [9.17, 15) is 4.57 Å². The minimum absolute atomic E-state index is 0.517. The molecule has 0 bridgehead atoms. The predicted molar refractivity (Wildman–Crippen MR) is 47.8 cm³/mol. The molecule has 0 saturated heterocycles. The lowest BCUT2D eigenvalue weighted by atomic mass is 10.1. The third-order valence-corrected chi connectivity index (χ3v) is 1.98. The van der Waals surface area contributed by atoms with Crippen LogP contribution >= 0.6 is 8.25 Å². The average molecular weight is 186 g/mol. The summed E-state index contributed by atoms with van der Waals surface area (Å²) in [4.78, 5) is 8.58. The van der Waals surface area contributed by atoms with E-state index in [1.54, 1.807) is 0 Å². The van der Waals surface area contributed by atoms with E-state index >= 15 is 0 Å². The average Bonchev–Trinajstić information content (AvgIpc) is 1.97. The molecule has 1 rings (SSSR count). The molecule has 0 aliphatic heterocycles. The summed E-state index contributed by atoms with van der Waals surface area (Å²) in [6.45, 7) is 3.68. The van der Waals surface area contributed by atoms with Gasteiger partial charge in [0.2, 0.25) is 0 Å². The maximum atomic E-state index is 10.4. The zero-order valence-corrected chi connectivity index (χ0v) is 8.00. The molecule has 1 aromatic rings. The lowest BCUT2D eigenvalue weighted by Gasteiger charge is -2.07. The highest BCUT2D eigenvalue weighted by Gasteiger charge is 2.04. The Morgan fingerprint density at radius 1 is 1.33 bits per heavy atom. The molecule has 3 nitrogen and oxygen atoms in total. The van der Waals surface area contributed by atoms with E-state index in [0.29, 0.717) is 5.75 Å². The molecule has 0 amide bonds. The second-order valence-electron chi connectivity index (χ2n) is 2.59. The summed E-state index contributed by atoms with van der Waals surface area (Å²) in [5.74, 6) is 0.517. The van der Waals surface area contributed by atoms with Crippen molar-refractivity contribution in [3.05, 3.63) is 29.3 Å². The number of para-hydroxylation sites is 1. The van der Waals surface area contributed by atoms with Crippen LogP contribution in [0.5, 0.6) is 5.75 Å². The fourth-order valence-electron chi connectivity index (χ4n) is 1.05. The van der Waals surface area contributed by atoms with Crippen molar-refractivity contribution in [2.24, 2.45) is 0 Å². The lowest BCUT2D eigenvalue weighted by molar-refractivity contribution is 0.408. The van der Waals surface area contributed by atoms with Crippen molar-refractivity contribution in [3.8, 4) is 5.75 Å². The first-order valence-electron chi connectivity index (χ1n) is 3.58. The fraction of sp³-hybridized carbons (Fsp3) is 0.250. The Morgan fingerprint density at radius 3 is 2.25 bits per heavy atom. The zero-order valence-electron chi connectivity index (χ0n) is 7.00. The smallest absolute Gasteiger partial charge is 0.365 e. The minimum atomic E-state index is -2.88. The van der Waals surface area contributed by atoms with Crippen molar-refractivity contribution < 1.29 is 14.0 Å². The lowest BCUT2D eigenvalue weighted by Crippen LogP contribution is -1.87. The molecular weight excluding hydrogens is 175 g/mol. The highest BCUT2D eigenvalue weighted by molar-refractivity contribution is 7.32. The molecule has 0 aliphatic rings. The summed E-state index contributed by atoms with van der Waals surface area (Å²) >= 11 is 0. The molecule has 66 valence electrons. The Kier molecular flexibility index (Phi) is 2.90. The highest BCUT2D eigenvalue weighted by Crippen LogP contribution is 2.29. The van der Waals surface area contributed by atoms with Crippen LogP contribution in [0.4, 0.5) is 0 Å². The topological polar surface area (TPSA) is 46.5 Å². The van der Waals surface area contributed by atoms with Crippen molar-refractivity contribution in [2.45, 2.75) is 13.8 Å². The van der Waals surface area contributed by atoms with Gasteiger partial charge < -0.3 is 9.42 Å². The standard InChI is InChI=1S/C8H11O3P/c1-6-4-3-5-7(2)8(6)11-12(9)10/h3-5,12H,1-2H3,(H,9,10). The van der Waals surface area contributed by atoms with E-state index in [1.165, 1.54) is 0 Å². The van der Waals surface area contributed by atoms with Crippen LogP contribution in [-0.2, 0) is 4.57 Å². The molecule has 1 aromatic carbocycles. The van der Waals surface area contributed by atoms with Gasteiger partial charge in [0.25, 0.3) is 0 Å². The molecule has 0 saturated carbocycles. The third kappa shape index (κ3) is 2.10. The van der Waals surface area contributed by atoms with Gasteiger partial charge in [-0.1, -0.05) is 18.2 Å². The van der Waals surface area contributed by atoms with Crippen molar-refractivity contribution >= 4 is 8.25 Å². The van der Waals surface area contributed by atoms with E-state index < -0.39 is 8.25 Å². The fourth-order valence-corrected chi connectivity index (χ4v) is 1.54. The molecule has 0 fully saturated rings. The van der Waals surface area contributed by atoms with Crippen LogP contribution in [0.1, 0.15) is 11.1 Å². The van der Waals surface area contributed by atoms with Crippen LogP contribution in [0.25, 0.3) is 0 Å². The Morgan fingerprint density at radius 2 is 1.83 bits per heavy atom. The third-order valence-electron chi connectivity index (χ3n) is 1.60. The van der Waals surface area contributed by atoms with E-state index in [2.05, 4.69) is 0 Å². The van der Waals surface area contributed by atoms with Gasteiger partial charge in [-0.05, 0) is 25.0 Å². The molecule has 0 aliphatic carbocycles. The van der Waals surface area contributed by atoms with E-state index in [-0.39, 0.29) is 0 Å². The van der Waals surface area contributed by atoms with Crippen LogP contribution in [-0.4, -0.2) is 4.89 Å². The van der Waals surface area contributed by atoms with Crippen LogP contribution in [0.3, 0.4) is 0 Å². The second kappa shape index (κ2) is 3.74. The normalized spacial score (nSPS) is 12.6. The Bertz CT molecular complexity index is 289. The maximum absolute atomic E-state index is 10.4. The quantitative estimate of drug-likeness (QED) is 0.719. The van der Waals surface area contributed by atoms with E-state index in [1.807, 2.05) is 32.0 Å². The molecule has 1 atom stereocenters. The predicted octanol–water partition coefficient (Wildman–Crippen LogP) is 2.06. The summed E-state index contributed by atoms with van der Waals surface area (Å²) in [6.07, 6.45) is 0. The van der Waals surface area contributed by atoms with Gasteiger partial charge in [0.05, 0.1) is 0 Å². The summed E-state index contributed by atoms with van der Waals surface area (Å²) < 4.78 is 15.2. The first-order chi connectivity index (χ1) is 5.61. The van der Waals surface area contributed by atoms with Crippen molar-refractivity contribution in [1.82, 2.24) is 0 Å². The van der Waals surface area contributed by atoms with Gasteiger partial charge in [-0.3, -0.25) is 0 Å². The van der Waals surface area contributed by atoms with Crippen LogP contribution < -0.4 is 4.52 Å². The summed E-state index contributed by atoms with van der Waals surface area (Å²) in [7, 11) is -2.88. The molecule has 12 heavy (non-hydrogen) atoms. The second-order valence-corrected chi connectivity index (χ2v) is 3.32. The number of benzene rings is 1. The van der Waals surface area contributed by atoms with Gasteiger partial charge >= 0.3 is 8.25 Å². The molecule has 0 heterocycles. The first-order valence-corrected chi connectivity index (χ1v) is 4.84. The van der Waals surface area contributed by atoms with Gasteiger partial charge in [0.15, 0.2) is 0 Å². The van der Waals surface area contributed by atoms with Crippen LogP contribution in [0.2, 0.25) is 0 Å². The molecule has 0 radical (unpaired) electrons. The van der Waals surface area contributed by atoms with Gasteiger partial charge in [-0.15, -0.1) is 0 Å². The molecular formula is C8H11O3P. The number of hydrogen-bond acceptors (Lipinski definition) is 2. The van der Waals surface area contributed by atoms with Crippen LogP contribution in [0.15, 0.2) is 18.2 Å². The molecule has 0 aromatic heterocycles. The summed E-state index contributed by atoms with van der Waals surface area (Å²) in [5.41, 5.74) is 1.75. The van der Waals surface area contributed by atoms with Gasteiger partial charge in [-0.25, -0.2) is 4.57 Å². The number of aryl methyl sites for hydroxylation is 2. The summed E-state index contributed by atoms with van der Waals surface area (Å²) in [6, 6.07) is 5.56. The maximum Gasteiger partial charge on any atom is 0.365 e. The van der Waals surface area contributed by atoms with Crippen molar-refractivity contribution in [1.29, 1.82) is 0 Å². The van der Waals surface area contributed by atoms with Crippen molar-refractivity contribution in [3.63, 3.8) is 0 Å². The molecule has 4 heteroatoms. The first kappa shape index (κ1) is 9.30. The largest absolute Gasteiger partial charge is 0.426 e. The SMILES string of the molecule is Cc1cccc(C)c1O[PH](=O)O. The molecule has 1 N–H and O–H groups in total. The Balaban J connectivity index is 3.04. The summed E-state index contributed by atoms with van der Waals surface area (Å²) in [5, 5.41) is 0. The Hall–Kier alpha value is -0.790.